The van der Waals surface area contributed by atoms with E-state index in [9.17, 15) is 4.79 Å². The summed E-state index contributed by atoms with van der Waals surface area (Å²) in [5.41, 5.74) is 6.12. The van der Waals surface area contributed by atoms with Crippen LogP contribution in [0.4, 0.5) is 10.5 Å². The van der Waals surface area contributed by atoms with Crippen molar-refractivity contribution in [3.05, 3.63) is 87.9 Å². The van der Waals surface area contributed by atoms with Crippen molar-refractivity contribution in [2.75, 3.05) is 12.4 Å². The number of rotatable bonds is 7. The van der Waals surface area contributed by atoms with Crippen molar-refractivity contribution >= 4 is 33.9 Å². The fourth-order valence-corrected chi connectivity index (χ4v) is 3.21. The van der Waals surface area contributed by atoms with E-state index in [2.05, 4.69) is 31.8 Å². The predicted molar refractivity (Wildman–Crippen MR) is 122 cm³/mol. The Hall–Kier alpha value is -3.32. The van der Waals surface area contributed by atoms with E-state index in [1.54, 1.807) is 25.3 Å². The molecule has 0 unspecified atom stereocenters. The summed E-state index contributed by atoms with van der Waals surface area (Å²) in [5.74, 6) is 1.16. The Morgan fingerprint density at radius 1 is 1.10 bits per heavy atom. The normalized spacial score (nSPS) is 10.6. The van der Waals surface area contributed by atoms with Gasteiger partial charge >= 0.3 is 6.03 Å². The summed E-state index contributed by atoms with van der Waals surface area (Å²) in [5, 5.41) is 6.67. The van der Waals surface area contributed by atoms with Crippen molar-refractivity contribution in [1.82, 2.24) is 5.43 Å². The van der Waals surface area contributed by atoms with Crippen LogP contribution in [-0.4, -0.2) is 19.4 Å². The van der Waals surface area contributed by atoms with Gasteiger partial charge in [-0.2, -0.15) is 5.10 Å². The minimum atomic E-state index is -0.429. The molecule has 7 heteroatoms. The fourth-order valence-electron chi connectivity index (χ4n) is 2.64. The second-order valence-corrected chi connectivity index (χ2v) is 7.35. The molecular formula is C23H22BrN3O3. The quantitative estimate of drug-likeness (QED) is 0.355. The third-order valence-electron chi connectivity index (χ3n) is 4.17. The van der Waals surface area contributed by atoms with Crippen LogP contribution >= 0.6 is 15.9 Å². The highest BCUT2D eigenvalue weighted by atomic mass is 79.9. The first-order chi connectivity index (χ1) is 14.5. The Labute approximate surface area is 184 Å². The van der Waals surface area contributed by atoms with Crippen LogP contribution in [0.3, 0.4) is 0 Å². The molecule has 0 saturated heterocycles. The average molecular weight is 468 g/mol. The molecule has 0 heterocycles. The average Bonchev–Trinajstić information content (AvgIpc) is 2.74. The van der Waals surface area contributed by atoms with Crippen molar-refractivity contribution < 1.29 is 14.3 Å². The number of urea groups is 1. The highest BCUT2D eigenvalue weighted by Gasteiger charge is 2.11. The fraction of sp³-hybridized carbons (Fsp3) is 0.130. The molecule has 0 aliphatic carbocycles. The summed E-state index contributed by atoms with van der Waals surface area (Å²) in [6, 6.07) is 20.5. The molecule has 0 spiro atoms. The number of halogens is 1. The number of ether oxygens (including phenoxy) is 2. The number of carbonyl (C=O) groups excluding carboxylic acids is 1. The number of aryl methyl sites for hydroxylation is 1. The largest absolute Gasteiger partial charge is 0.493 e. The van der Waals surface area contributed by atoms with Crippen LogP contribution in [0.2, 0.25) is 0 Å². The Kier molecular flexibility index (Phi) is 7.45. The van der Waals surface area contributed by atoms with Gasteiger partial charge in [0, 0.05) is 5.69 Å². The van der Waals surface area contributed by atoms with Crippen LogP contribution in [0, 0.1) is 6.92 Å². The molecule has 0 fully saturated rings. The standard InChI is InChI=1S/C23H22BrN3O3/c1-16-8-10-17(11-9-16)15-30-22-20(24)12-18(13-21(22)29-2)14-25-27-23(28)26-19-6-4-3-5-7-19/h3-14H,15H2,1-2H3,(H2,26,27,28)/b25-14-. The monoisotopic (exact) mass is 467 g/mol. The number of para-hydroxylation sites is 1. The number of anilines is 1. The molecule has 3 aromatic rings. The van der Waals surface area contributed by atoms with Crippen molar-refractivity contribution in [2.45, 2.75) is 13.5 Å². The molecule has 0 atom stereocenters. The van der Waals surface area contributed by atoms with Gasteiger partial charge in [-0.05, 0) is 58.2 Å². The Bertz CT molecular complexity index is 1020. The summed E-state index contributed by atoms with van der Waals surface area (Å²) < 4.78 is 12.1. The third kappa shape index (κ3) is 6.09. The van der Waals surface area contributed by atoms with Crippen molar-refractivity contribution in [3.63, 3.8) is 0 Å². The van der Waals surface area contributed by atoms with Crippen LogP contribution in [0.1, 0.15) is 16.7 Å². The summed E-state index contributed by atoms with van der Waals surface area (Å²) in [4.78, 5) is 11.9. The van der Waals surface area contributed by atoms with Gasteiger partial charge in [0.2, 0.25) is 0 Å². The summed E-state index contributed by atoms with van der Waals surface area (Å²) in [7, 11) is 1.58. The Morgan fingerprint density at radius 2 is 1.83 bits per heavy atom. The molecule has 0 bridgehead atoms. The SMILES string of the molecule is COc1cc(/C=N\NC(=O)Nc2ccccc2)cc(Br)c1OCc1ccc(C)cc1. The molecule has 0 saturated carbocycles. The number of nitrogens with zero attached hydrogens (tertiary/aromatic N) is 1. The maximum Gasteiger partial charge on any atom is 0.339 e. The number of methoxy groups -OCH3 is 1. The molecule has 2 amide bonds. The van der Waals surface area contributed by atoms with Gasteiger partial charge in [-0.15, -0.1) is 0 Å². The van der Waals surface area contributed by atoms with E-state index in [0.717, 1.165) is 15.6 Å². The first kappa shape index (κ1) is 21.4. The highest BCUT2D eigenvalue weighted by molar-refractivity contribution is 9.10. The van der Waals surface area contributed by atoms with Crippen LogP contribution in [0.15, 0.2) is 76.3 Å². The molecule has 0 radical (unpaired) electrons. The predicted octanol–water partition coefficient (Wildman–Crippen LogP) is 5.50. The van der Waals surface area contributed by atoms with Gasteiger partial charge in [0.15, 0.2) is 11.5 Å². The summed E-state index contributed by atoms with van der Waals surface area (Å²) in [6.07, 6.45) is 1.53. The van der Waals surface area contributed by atoms with Crippen molar-refractivity contribution in [1.29, 1.82) is 0 Å². The molecule has 0 aliphatic heterocycles. The molecule has 2 N–H and O–H groups in total. The van der Waals surface area contributed by atoms with Crippen molar-refractivity contribution in [3.8, 4) is 11.5 Å². The lowest BCUT2D eigenvalue weighted by Gasteiger charge is -2.13. The minimum Gasteiger partial charge on any atom is -0.493 e. The maximum absolute atomic E-state index is 11.9. The minimum absolute atomic E-state index is 0.421. The summed E-state index contributed by atoms with van der Waals surface area (Å²) >= 11 is 3.52. The first-order valence-electron chi connectivity index (χ1n) is 9.26. The zero-order valence-electron chi connectivity index (χ0n) is 16.7. The number of nitrogens with one attached hydrogen (secondary N) is 2. The molecule has 30 heavy (non-hydrogen) atoms. The van der Waals surface area contributed by atoms with E-state index < -0.39 is 6.03 Å². The Morgan fingerprint density at radius 3 is 2.53 bits per heavy atom. The first-order valence-corrected chi connectivity index (χ1v) is 10.1. The lowest BCUT2D eigenvalue weighted by Crippen LogP contribution is -2.24. The molecule has 154 valence electrons. The van der Waals surface area contributed by atoms with Gasteiger partial charge in [0.25, 0.3) is 0 Å². The molecular weight excluding hydrogens is 446 g/mol. The van der Waals surface area contributed by atoms with Crippen molar-refractivity contribution in [2.24, 2.45) is 5.10 Å². The van der Waals surface area contributed by atoms with Gasteiger partial charge in [-0.1, -0.05) is 48.0 Å². The number of amides is 2. The van der Waals surface area contributed by atoms with Crippen LogP contribution in [0.25, 0.3) is 0 Å². The number of carbonyl (C=O) groups is 1. The van der Waals surface area contributed by atoms with Crippen LogP contribution in [-0.2, 0) is 6.61 Å². The summed E-state index contributed by atoms with van der Waals surface area (Å²) in [6.45, 7) is 2.47. The molecule has 0 aromatic heterocycles. The topological polar surface area (TPSA) is 72.0 Å². The van der Waals surface area contributed by atoms with Gasteiger partial charge in [0.05, 0.1) is 17.8 Å². The molecule has 6 nitrogen and oxygen atoms in total. The molecule has 0 aliphatic rings. The lowest BCUT2D eigenvalue weighted by molar-refractivity contribution is 0.252. The maximum atomic E-state index is 11.9. The number of hydrazone groups is 1. The van der Waals surface area contributed by atoms with Crippen LogP contribution in [0.5, 0.6) is 11.5 Å². The zero-order chi connectivity index (χ0) is 21.3. The van der Waals surface area contributed by atoms with E-state index in [1.165, 1.54) is 11.8 Å². The van der Waals surface area contributed by atoms with Gasteiger partial charge in [0.1, 0.15) is 6.61 Å². The van der Waals surface area contributed by atoms with E-state index in [-0.39, 0.29) is 0 Å². The lowest BCUT2D eigenvalue weighted by atomic mass is 10.2. The number of benzene rings is 3. The Balaban J connectivity index is 1.63. The van der Waals surface area contributed by atoms with E-state index >= 15 is 0 Å². The van der Waals surface area contributed by atoms with E-state index in [0.29, 0.717) is 23.8 Å². The molecule has 3 rings (SSSR count). The smallest absolute Gasteiger partial charge is 0.339 e. The van der Waals surface area contributed by atoms with Gasteiger partial charge < -0.3 is 14.8 Å². The number of hydrogen-bond acceptors (Lipinski definition) is 4. The van der Waals surface area contributed by atoms with Gasteiger partial charge in [-0.3, -0.25) is 0 Å². The van der Waals surface area contributed by atoms with Gasteiger partial charge in [-0.25, -0.2) is 10.2 Å². The van der Waals surface area contributed by atoms with E-state index in [4.69, 9.17) is 9.47 Å². The van der Waals surface area contributed by atoms with E-state index in [1.807, 2.05) is 55.5 Å². The molecule has 3 aromatic carbocycles. The van der Waals surface area contributed by atoms with Crippen LogP contribution < -0.4 is 20.2 Å². The third-order valence-corrected chi connectivity index (χ3v) is 4.76. The number of hydrogen-bond donors (Lipinski definition) is 2. The second kappa shape index (κ2) is 10.5. The second-order valence-electron chi connectivity index (χ2n) is 6.50. The highest BCUT2D eigenvalue weighted by Crippen LogP contribution is 2.36. The zero-order valence-corrected chi connectivity index (χ0v) is 18.3.